The van der Waals surface area contributed by atoms with Crippen LogP contribution in [0.5, 0.6) is 5.75 Å². The van der Waals surface area contributed by atoms with Crippen molar-refractivity contribution in [3.8, 4) is 5.75 Å². The summed E-state index contributed by atoms with van der Waals surface area (Å²) in [5, 5.41) is 10.0. The van der Waals surface area contributed by atoms with Crippen molar-refractivity contribution in [2.24, 2.45) is 4.99 Å². The van der Waals surface area contributed by atoms with Gasteiger partial charge in [0.05, 0.1) is 25.4 Å². The van der Waals surface area contributed by atoms with Gasteiger partial charge < -0.3 is 20.3 Å². The van der Waals surface area contributed by atoms with Crippen molar-refractivity contribution in [3.05, 3.63) is 40.9 Å². The van der Waals surface area contributed by atoms with Crippen LogP contribution in [0.1, 0.15) is 37.1 Å². The van der Waals surface area contributed by atoms with Crippen LogP contribution in [-0.2, 0) is 6.54 Å². The zero-order valence-electron chi connectivity index (χ0n) is 18.5. The number of hydrogen-bond donors (Lipinski definition) is 2. The van der Waals surface area contributed by atoms with Gasteiger partial charge in [0.1, 0.15) is 5.75 Å². The summed E-state index contributed by atoms with van der Waals surface area (Å²) >= 11 is 1.65. The van der Waals surface area contributed by atoms with Crippen molar-refractivity contribution in [2.45, 2.75) is 32.4 Å². The molecule has 0 amide bonds. The number of nitrogens with one attached hydrogen (secondary N) is 2. The summed E-state index contributed by atoms with van der Waals surface area (Å²) in [5.74, 6) is 1.72. The third-order valence-electron chi connectivity index (χ3n) is 5.21. The van der Waals surface area contributed by atoms with E-state index in [1.165, 1.54) is 18.4 Å². The Morgan fingerprint density at radius 3 is 2.57 bits per heavy atom. The Hall–Kier alpha value is -2.32. The van der Waals surface area contributed by atoms with E-state index in [9.17, 15) is 0 Å². The summed E-state index contributed by atoms with van der Waals surface area (Å²) in [6.07, 6.45) is 2.53. The SMILES string of the molecule is CCNC(=NCc1csc(N(C)C)n1)NCC(c1ccc(OC)cc1)N1CCCC1. The van der Waals surface area contributed by atoms with Gasteiger partial charge in [-0.1, -0.05) is 12.1 Å². The fourth-order valence-electron chi connectivity index (χ4n) is 3.61. The predicted molar refractivity (Wildman–Crippen MR) is 126 cm³/mol. The minimum absolute atomic E-state index is 0.307. The molecule has 1 aromatic heterocycles. The van der Waals surface area contributed by atoms with E-state index >= 15 is 0 Å². The molecule has 1 saturated heterocycles. The first-order valence-electron chi connectivity index (χ1n) is 10.6. The van der Waals surface area contributed by atoms with Crippen LogP contribution in [0, 0.1) is 0 Å². The molecule has 0 saturated carbocycles. The highest BCUT2D eigenvalue weighted by molar-refractivity contribution is 7.13. The van der Waals surface area contributed by atoms with Crippen LogP contribution in [0.15, 0.2) is 34.6 Å². The lowest BCUT2D eigenvalue weighted by Gasteiger charge is -2.29. The van der Waals surface area contributed by atoms with Crippen molar-refractivity contribution >= 4 is 22.4 Å². The second-order valence-corrected chi connectivity index (χ2v) is 8.46. The maximum Gasteiger partial charge on any atom is 0.191 e. The number of guanidine groups is 1. The minimum atomic E-state index is 0.307. The van der Waals surface area contributed by atoms with Crippen molar-refractivity contribution in [1.29, 1.82) is 0 Å². The van der Waals surface area contributed by atoms with E-state index in [0.717, 1.165) is 48.7 Å². The number of aromatic nitrogens is 1. The molecule has 1 aromatic carbocycles. The first-order chi connectivity index (χ1) is 14.6. The van der Waals surface area contributed by atoms with Gasteiger partial charge in [0, 0.05) is 32.6 Å². The van der Waals surface area contributed by atoms with Crippen LogP contribution in [0.4, 0.5) is 5.13 Å². The van der Waals surface area contributed by atoms with E-state index in [0.29, 0.717) is 12.6 Å². The lowest BCUT2D eigenvalue weighted by molar-refractivity contribution is 0.245. The van der Waals surface area contributed by atoms with Crippen LogP contribution >= 0.6 is 11.3 Å². The van der Waals surface area contributed by atoms with Gasteiger partial charge >= 0.3 is 0 Å². The molecule has 0 aliphatic carbocycles. The van der Waals surface area contributed by atoms with E-state index in [1.807, 2.05) is 31.1 Å². The maximum atomic E-state index is 5.33. The topological polar surface area (TPSA) is 65.0 Å². The fourth-order valence-corrected chi connectivity index (χ4v) is 4.36. The molecule has 1 unspecified atom stereocenters. The number of likely N-dealkylation sites (tertiary alicyclic amines) is 1. The number of benzene rings is 1. The largest absolute Gasteiger partial charge is 0.497 e. The molecule has 1 atom stereocenters. The van der Waals surface area contributed by atoms with E-state index in [2.05, 4.69) is 45.0 Å². The third-order valence-corrected chi connectivity index (χ3v) is 6.27. The van der Waals surface area contributed by atoms with Crippen LogP contribution in [0.2, 0.25) is 0 Å². The van der Waals surface area contributed by atoms with Crippen molar-refractivity contribution in [3.63, 3.8) is 0 Å². The summed E-state index contributed by atoms with van der Waals surface area (Å²) in [6.45, 7) is 6.56. The van der Waals surface area contributed by atoms with Gasteiger partial charge in [-0.15, -0.1) is 11.3 Å². The standard InChI is InChI=1S/C22H34N6OS/c1-5-23-21(24-14-18-16-30-22(26-18)27(2)3)25-15-20(28-12-6-7-13-28)17-8-10-19(29-4)11-9-17/h8-11,16,20H,5-7,12-15H2,1-4H3,(H2,23,24,25). The van der Waals surface area contributed by atoms with Crippen molar-refractivity contribution < 1.29 is 4.74 Å². The quantitative estimate of drug-likeness (QED) is 0.471. The van der Waals surface area contributed by atoms with Crippen molar-refractivity contribution in [2.75, 3.05) is 52.3 Å². The lowest BCUT2D eigenvalue weighted by Crippen LogP contribution is -2.42. The number of rotatable bonds is 9. The van der Waals surface area contributed by atoms with Gasteiger partial charge in [-0.05, 0) is 50.6 Å². The molecule has 1 fully saturated rings. The molecule has 0 radical (unpaired) electrons. The van der Waals surface area contributed by atoms with Gasteiger partial charge in [-0.3, -0.25) is 4.90 Å². The summed E-state index contributed by atoms with van der Waals surface area (Å²) in [7, 11) is 5.72. The Bertz CT molecular complexity index is 798. The molecule has 3 rings (SSSR count). The molecule has 1 aliphatic heterocycles. The Labute approximate surface area is 184 Å². The van der Waals surface area contributed by atoms with E-state index < -0.39 is 0 Å². The van der Waals surface area contributed by atoms with Crippen LogP contribution in [0.25, 0.3) is 0 Å². The fraction of sp³-hybridized carbons (Fsp3) is 0.545. The summed E-state index contributed by atoms with van der Waals surface area (Å²) in [5.41, 5.74) is 2.29. The average molecular weight is 431 g/mol. The number of nitrogens with zero attached hydrogens (tertiary/aromatic N) is 4. The maximum absolute atomic E-state index is 5.33. The highest BCUT2D eigenvalue weighted by Gasteiger charge is 2.23. The molecule has 2 heterocycles. The highest BCUT2D eigenvalue weighted by Crippen LogP contribution is 2.26. The monoisotopic (exact) mass is 430 g/mol. The lowest BCUT2D eigenvalue weighted by atomic mass is 10.1. The van der Waals surface area contributed by atoms with Crippen molar-refractivity contribution in [1.82, 2.24) is 20.5 Å². The first kappa shape index (κ1) is 22.4. The Kier molecular flexibility index (Phi) is 8.33. The normalized spacial score (nSPS) is 15.8. The van der Waals surface area contributed by atoms with Gasteiger partial charge in [0.2, 0.25) is 0 Å². The number of ether oxygens (including phenoxy) is 1. The smallest absolute Gasteiger partial charge is 0.191 e. The number of hydrogen-bond acceptors (Lipinski definition) is 6. The summed E-state index contributed by atoms with van der Waals surface area (Å²) in [6, 6.07) is 8.74. The Balaban J connectivity index is 1.68. The Morgan fingerprint density at radius 1 is 1.23 bits per heavy atom. The zero-order chi connectivity index (χ0) is 21.3. The second kappa shape index (κ2) is 11.2. The molecule has 30 heavy (non-hydrogen) atoms. The first-order valence-corrected chi connectivity index (χ1v) is 11.5. The Morgan fingerprint density at radius 2 is 1.97 bits per heavy atom. The van der Waals surface area contributed by atoms with Crippen LogP contribution in [-0.4, -0.2) is 63.2 Å². The number of methoxy groups -OCH3 is 1. The molecular weight excluding hydrogens is 396 g/mol. The summed E-state index contributed by atoms with van der Waals surface area (Å²) in [4.78, 5) is 14.0. The summed E-state index contributed by atoms with van der Waals surface area (Å²) < 4.78 is 5.33. The van der Waals surface area contributed by atoms with Gasteiger partial charge in [-0.25, -0.2) is 9.98 Å². The predicted octanol–water partition coefficient (Wildman–Crippen LogP) is 3.11. The molecule has 0 spiro atoms. The molecule has 1 aliphatic rings. The highest BCUT2D eigenvalue weighted by atomic mass is 32.1. The number of thiazole rings is 1. The van der Waals surface area contributed by atoms with Crippen LogP contribution < -0.4 is 20.3 Å². The van der Waals surface area contributed by atoms with E-state index in [-0.39, 0.29) is 0 Å². The van der Waals surface area contributed by atoms with E-state index in [4.69, 9.17) is 9.73 Å². The molecule has 2 aromatic rings. The third kappa shape index (κ3) is 6.09. The molecule has 8 heteroatoms. The molecule has 164 valence electrons. The van der Waals surface area contributed by atoms with Gasteiger partial charge in [0.15, 0.2) is 11.1 Å². The molecular formula is C22H34N6OS. The molecule has 2 N–H and O–H groups in total. The number of anilines is 1. The molecule has 7 nitrogen and oxygen atoms in total. The average Bonchev–Trinajstić information content (AvgIpc) is 3.45. The van der Waals surface area contributed by atoms with Gasteiger partial charge in [0.25, 0.3) is 0 Å². The molecule has 0 bridgehead atoms. The van der Waals surface area contributed by atoms with Crippen LogP contribution in [0.3, 0.4) is 0 Å². The minimum Gasteiger partial charge on any atom is -0.497 e. The van der Waals surface area contributed by atoms with Gasteiger partial charge in [-0.2, -0.15) is 0 Å². The number of aliphatic imine (C=N–C) groups is 1. The second-order valence-electron chi connectivity index (χ2n) is 7.62. The zero-order valence-corrected chi connectivity index (χ0v) is 19.3. The van der Waals surface area contributed by atoms with E-state index in [1.54, 1.807) is 18.4 Å².